The number of unbranched alkanes of at least 4 members (excludes halogenated alkanes) is 20. The van der Waals surface area contributed by atoms with Gasteiger partial charge in [-0.3, -0.25) is 18.6 Å². The lowest BCUT2D eigenvalue weighted by molar-refractivity contribution is -0.154. The van der Waals surface area contributed by atoms with Crippen LogP contribution in [-0.2, 0) is 32.7 Å². The van der Waals surface area contributed by atoms with Crippen molar-refractivity contribution in [3.8, 4) is 0 Å². The lowest BCUT2D eigenvalue weighted by atomic mass is 10.1. The number of carboxylic acid groups (broad SMARTS) is 1. The van der Waals surface area contributed by atoms with Gasteiger partial charge in [0.15, 0.2) is 0 Å². The minimum atomic E-state index is -4.61. The summed E-state index contributed by atoms with van der Waals surface area (Å²) in [5, 5.41) is 8.88. The summed E-state index contributed by atoms with van der Waals surface area (Å²) >= 11 is 0. The van der Waals surface area contributed by atoms with Gasteiger partial charge in [0.2, 0.25) is 0 Å². The van der Waals surface area contributed by atoms with Crippen LogP contribution in [0.3, 0.4) is 0 Å². The Bertz CT molecular complexity index is 988. The third-order valence-corrected chi connectivity index (χ3v) is 9.84. The zero-order valence-electron chi connectivity index (χ0n) is 33.6. The van der Waals surface area contributed by atoms with Crippen molar-refractivity contribution in [2.24, 2.45) is 5.73 Å². The van der Waals surface area contributed by atoms with E-state index in [1.54, 1.807) is 0 Å². The second-order valence-corrected chi connectivity index (χ2v) is 15.6. The molecule has 3 unspecified atom stereocenters. The van der Waals surface area contributed by atoms with Gasteiger partial charge in [-0.1, -0.05) is 147 Å². The fourth-order valence-corrected chi connectivity index (χ4v) is 6.33. The summed E-state index contributed by atoms with van der Waals surface area (Å²) in [4.78, 5) is 33.5. The molecule has 53 heavy (non-hydrogen) atoms. The van der Waals surface area contributed by atoms with E-state index in [-0.39, 0.29) is 13.0 Å². The summed E-state index contributed by atoms with van der Waals surface area (Å²) in [6, 6.07) is -1.47. The standard InChI is InChI=1S/C42H78NO9P/c1-3-5-7-9-11-13-15-17-18-19-20-21-22-23-24-26-28-30-32-34-41(44)52-39(37-50-53(47,48)51-38-40(43)42(45)46)36-49-35-33-31-29-27-25-16-14-12-10-8-6-4-2/h10-13,17-18,39-40H,3-9,14-16,19-38,43H2,1-2H3,(H,45,46)(H,47,48)/b12-10-,13-11-,18-17-. The first-order valence-corrected chi connectivity index (χ1v) is 22.5. The van der Waals surface area contributed by atoms with E-state index in [9.17, 15) is 19.0 Å². The Balaban J connectivity index is 4.23. The van der Waals surface area contributed by atoms with Gasteiger partial charge in [0, 0.05) is 13.0 Å². The molecule has 4 N–H and O–H groups in total. The molecule has 0 saturated carbocycles. The van der Waals surface area contributed by atoms with Crippen molar-refractivity contribution in [1.82, 2.24) is 0 Å². The quantitative estimate of drug-likeness (QED) is 0.0237. The van der Waals surface area contributed by atoms with Crippen LogP contribution < -0.4 is 5.73 Å². The highest BCUT2D eigenvalue weighted by molar-refractivity contribution is 7.47. The summed E-state index contributed by atoms with van der Waals surface area (Å²) in [7, 11) is -4.61. The number of rotatable bonds is 40. The van der Waals surface area contributed by atoms with Crippen LogP contribution in [0, 0.1) is 0 Å². The zero-order valence-corrected chi connectivity index (χ0v) is 34.5. The molecule has 10 nitrogen and oxygen atoms in total. The van der Waals surface area contributed by atoms with Gasteiger partial charge in [-0.15, -0.1) is 0 Å². The number of allylic oxidation sites excluding steroid dienone is 6. The van der Waals surface area contributed by atoms with E-state index in [0.29, 0.717) is 13.0 Å². The van der Waals surface area contributed by atoms with E-state index in [0.717, 1.165) is 57.8 Å². The highest BCUT2D eigenvalue weighted by Crippen LogP contribution is 2.43. The van der Waals surface area contributed by atoms with Crippen LogP contribution >= 0.6 is 7.82 Å². The van der Waals surface area contributed by atoms with Gasteiger partial charge < -0.3 is 25.2 Å². The Hall–Kier alpha value is -1.81. The van der Waals surface area contributed by atoms with Crippen molar-refractivity contribution < 1.29 is 42.7 Å². The molecule has 310 valence electrons. The van der Waals surface area contributed by atoms with Crippen LogP contribution in [0.15, 0.2) is 36.5 Å². The number of carbonyl (C=O) groups is 2. The molecule has 0 aliphatic heterocycles. The second kappa shape index (κ2) is 38.5. The Morgan fingerprint density at radius 1 is 0.604 bits per heavy atom. The first-order valence-electron chi connectivity index (χ1n) is 21.0. The third-order valence-electron chi connectivity index (χ3n) is 8.89. The maximum atomic E-state index is 12.6. The van der Waals surface area contributed by atoms with Gasteiger partial charge in [0.25, 0.3) is 0 Å². The van der Waals surface area contributed by atoms with E-state index < -0.39 is 45.1 Å². The topological polar surface area (TPSA) is 155 Å². The first kappa shape index (κ1) is 51.2. The number of carbonyl (C=O) groups excluding carboxylic acids is 1. The first-order chi connectivity index (χ1) is 25.7. The minimum Gasteiger partial charge on any atom is -0.480 e. The summed E-state index contributed by atoms with van der Waals surface area (Å²) < 4.78 is 33.3. The lowest BCUT2D eigenvalue weighted by Crippen LogP contribution is -2.34. The zero-order chi connectivity index (χ0) is 39.1. The summed E-state index contributed by atoms with van der Waals surface area (Å²) in [5.74, 6) is -1.78. The average molecular weight is 772 g/mol. The van der Waals surface area contributed by atoms with Crippen molar-refractivity contribution >= 4 is 19.8 Å². The molecule has 0 aromatic heterocycles. The number of hydrogen-bond donors (Lipinski definition) is 3. The highest BCUT2D eigenvalue weighted by Gasteiger charge is 2.27. The third kappa shape index (κ3) is 38.3. The van der Waals surface area contributed by atoms with E-state index in [1.807, 2.05) is 0 Å². The monoisotopic (exact) mass is 772 g/mol. The molecule has 0 saturated heterocycles. The molecule has 3 atom stereocenters. The molecule has 0 rings (SSSR count). The van der Waals surface area contributed by atoms with E-state index in [4.69, 9.17) is 29.4 Å². The van der Waals surface area contributed by atoms with Gasteiger partial charge >= 0.3 is 19.8 Å². The molecule has 11 heteroatoms. The molecule has 0 aromatic carbocycles. The number of nitrogens with two attached hydrogens (primary N) is 1. The molecule has 0 amide bonds. The van der Waals surface area contributed by atoms with Crippen LogP contribution in [0.1, 0.15) is 181 Å². The number of phosphoric acid groups is 1. The smallest absolute Gasteiger partial charge is 0.472 e. The van der Waals surface area contributed by atoms with Crippen LogP contribution in [-0.4, -0.2) is 60.5 Å². The Kier molecular flexibility index (Phi) is 37.2. The molecule has 0 heterocycles. The van der Waals surface area contributed by atoms with E-state index >= 15 is 0 Å². The molecule has 0 bridgehead atoms. The average Bonchev–Trinajstić information content (AvgIpc) is 3.13. The summed E-state index contributed by atoms with van der Waals surface area (Å²) in [6.07, 6.45) is 41.9. The molecule has 0 aliphatic rings. The molecular formula is C42H78NO9P. The number of esters is 1. The van der Waals surface area contributed by atoms with Gasteiger partial charge in [0.1, 0.15) is 12.1 Å². The fraction of sp³-hybridized carbons (Fsp3) is 0.810. The molecule has 0 aromatic rings. The number of aliphatic carboxylic acids is 1. The largest absolute Gasteiger partial charge is 0.480 e. The van der Waals surface area contributed by atoms with Crippen LogP contribution in [0.5, 0.6) is 0 Å². The molecule has 0 spiro atoms. The van der Waals surface area contributed by atoms with Crippen LogP contribution in [0.2, 0.25) is 0 Å². The van der Waals surface area contributed by atoms with Crippen LogP contribution in [0.25, 0.3) is 0 Å². The number of carboxylic acids is 1. The van der Waals surface area contributed by atoms with Gasteiger partial charge in [-0.2, -0.15) is 0 Å². The molecule has 0 fully saturated rings. The Morgan fingerprint density at radius 2 is 1.06 bits per heavy atom. The van der Waals surface area contributed by atoms with Gasteiger partial charge in [0.05, 0.1) is 19.8 Å². The van der Waals surface area contributed by atoms with E-state index in [1.165, 1.54) is 96.3 Å². The number of ether oxygens (including phenoxy) is 2. The van der Waals surface area contributed by atoms with Crippen LogP contribution in [0.4, 0.5) is 0 Å². The normalized spacial score (nSPS) is 14.3. The molecule has 0 radical (unpaired) electrons. The van der Waals surface area contributed by atoms with Crippen molar-refractivity contribution in [2.75, 3.05) is 26.4 Å². The SMILES string of the molecule is CCCC/C=C\CCCCCCCCOCC(COP(=O)(O)OCC(N)C(=O)O)OC(=O)CCCCCCCCCCC/C=C\C/C=C\CCCCC. The predicted octanol–water partition coefficient (Wildman–Crippen LogP) is 11.3. The van der Waals surface area contributed by atoms with Crippen molar-refractivity contribution in [3.05, 3.63) is 36.5 Å². The number of phosphoric ester groups is 1. The minimum absolute atomic E-state index is 0.0115. The van der Waals surface area contributed by atoms with Gasteiger partial charge in [-0.25, -0.2) is 4.57 Å². The van der Waals surface area contributed by atoms with Crippen molar-refractivity contribution in [1.29, 1.82) is 0 Å². The molecule has 0 aliphatic carbocycles. The van der Waals surface area contributed by atoms with Gasteiger partial charge in [-0.05, 0) is 64.2 Å². The molecular weight excluding hydrogens is 693 g/mol. The summed E-state index contributed by atoms with van der Waals surface area (Å²) in [5.41, 5.74) is 5.35. The predicted molar refractivity (Wildman–Crippen MR) is 217 cm³/mol. The maximum absolute atomic E-state index is 12.6. The number of hydrogen-bond acceptors (Lipinski definition) is 8. The Labute approximate surface area is 323 Å². The fourth-order valence-electron chi connectivity index (χ4n) is 5.56. The van der Waals surface area contributed by atoms with Crippen molar-refractivity contribution in [2.45, 2.75) is 193 Å². The maximum Gasteiger partial charge on any atom is 0.472 e. The summed E-state index contributed by atoms with van der Waals surface area (Å²) in [6.45, 7) is 3.80. The highest BCUT2D eigenvalue weighted by atomic mass is 31.2. The lowest BCUT2D eigenvalue weighted by Gasteiger charge is -2.20. The Morgan fingerprint density at radius 3 is 1.60 bits per heavy atom. The second-order valence-electron chi connectivity index (χ2n) is 14.1. The van der Waals surface area contributed by atoms with Crippen molar-refractivity contribution in [3.63, 3.8) is 0 Å². The van der Waals surface area contributed by atoms with E-state index in [2.05, 4.69) is 50.3 Å².